The number of nitrogens with zero attached hydrogens (tertiary/aromatic N) is 1. The van der Waals surface area contributed by atoms with E-state index in [9.17, 15) is 16.8 Å². The molecule has 2 aliphatic heterocycles. The largest absolute Gasteiger partial charge is 0.457 e. The summed E-state index contributed by atoms with van der Waals surface area (Å²) >= 11 is 0. The van der Waals surface area contributed by atoms with Crippen molar-refractivity contribution in [1.29, 1.82) is 0 Å². The summed E-state index contributed by atoms with van der Waals surface area (Å²) in [6.07, 6.45) is 1.49. The average Bonchev–Trinajstić information content (AvgIpc) is 3.20. The summed E-state index contributed by atoms with van der Waals surface area (Å²) in [5, 5.41) is -0.656. The molecular weight excluding hydrogens is 469 g/mol. The van der Waals surface area contributed by atoms with Gasteiger partial charge >= 0.3 is 0 Å². The van der Waals surface area contributed by atoms with E-state index in [0.717, 1.165) is 19.4 Å². The van der Waals surface area contributed by atoms with Gasteiger partial charge in [-0.05, 0) is 63.4 Å². The van der Waals surface area contributed by atoms with Gasteiger partial charge in [-0.25, -0.2) is 25.9 Å². The number of ether oxygens (including phenoxy) is 1. The van der Waals surface area contributed by atoms with Crippen LogP contribution in [-0.4, -0.2) is 41.3 Å². The van der Waals surface area contributed by atoms with E-state index in [2.05, 4.69) is 9.44 Å². The summed E-state index contributed by atoms with van der Waals surface area (Å²) in [7, 11) is -7.22. The van der Waals surface area contributed by atoms with Crippen molar-refractivity contribution in [2.24, 2.45) is 0 Å². The van der Waals surface area contributed by atoms with Gasteiger partial charge in [0.05, 0.1) is 17.1 Å². The molecule has 1 fully saturated rings. The molecule has 8 nitrogen and oxygen atoms in total. The lowest BCUT2D eigenvalue weighted by Gasteiger charge is -2.33. The van der Waals surface area contributed by atoms with Crippen LogP contribution in [0.4, 0.5) is 10.1 Å². The Balaban J connectivity index is 1.50. The summed E-state index contributed by atoms with van der Waals surface area (Å²) in [4.78, 5) is 2.22. The van der Waals surface area contributed by atoms with E-state index in [1.165, 1.54) is 39.0 Å². The predicted octanol–water partition coefficient (Wildman–Crippen LogP) is 3.21. The second-order valence-electron chi connectivity index (χ2n) is 8.84. The van der Waals surface area contributed by atoms with Crippen molar-refractivity contribution in [3.05, 3.63) is 48.0 Å². The third-order valence-electron chi connectivity index (χ3n) is 5.99. The Morgan fingerprint density at radius 3 is 2.55 bits per heavy atom. The van der Waals surface area contributed by atoms with Gasteiger partial charge in [0.15, 0.2) is 0 Å². The van der Waals surface area contributed by atoms with Crippen LogP contribution < -0.4 is 19.1 Å². The zero-order valence-corrected chi connectivity index (χ0v) is 20.3. The lowest BCUT2D eigenvalue weighted by Crippen LogP contribution is -2.48. The third kappa shape index (κ3) is 4.86. The molecule has 0 bridgehead atoms. The van der Waals surface area contributed by atoms with Gasteiger partial charge in [-0.2, -0.15) is 4.72 Å². The normalized spacial score (nSPS) is 21.4. The minimum Gasteiger partial charge on any atom is -0.457 e. The molecule has 2 aliphatic rings. The molecule has 2 atom stereocenters. The van der Waals surface area contributed by atoms with Gasteiger partial charge in [0.2, 0.25) is 20.0 Å². The zero-order valence-electron chi connectivity index (χ0n) is 18.7. The standard InChI is InChI=1S/C22H28FN3O5S2/c1-15(2)32(27,28)24-14-22(3,23)16-6-8-17(9-7-16)31-18-10-11-19-20(13-18)33(29,30)25-21-5-4-12-26(19)21/h6-11,13,15,21,24-25H,4-5,12,14H2,1-3H3. The molecule has 33 heavy (non-hydrogen) atoms. The lowest BCUT2D eigenvalue weighted by molar-refractivity contribution is 0.196. The summed E-state index contributed by atoms with van der Waals surface area (Å²) in [6, 6.07) is 11.1. The van der Waals surface area contributed by atoms with Gasteiger partial charge in [-0.1, -0.05) is 12.1 Å². The molecule has 2 aromatic carbocycles. The van der Waals surface area contributed by atoms with Crippen LogP contribution in [0.25, 0.3) is 0 Å². The van der Waals surface area contributed by atoms with Crippen molar-refractivity contribution in [3.63, 3.8) is 0 Å². The summed E-state index contributed by atoms with van der Waals surface area (Å²) < 4.78 is 75.1. The van der Waals surface area contributed by atoms with Gasteiger partial charge in [-0.3, -0.25) is 0 Å². The highest BCUT2D eigenvalue weighted by molar-refractivity contribution is 7.90. The fourth-order valence-electron chi connectivity index (χ4n) is 3.94. The number of hydrogen-bond acceptors (Lipinski definition) is 6. The van der Waals surface area contributed by atoms with Crippen molar-refractivity contribution in [2.75, 3.05) is 18.0 Å². The molecule has 0 amide bonds. The Kier molecular flexibility index (Phi) is 6.19. The summed E-state index contributed by atoms with van der Waals surface area (Å²) in [5.41, 5.74) is -0.965. The van der Waals surface area contributed by atoms with Gasteiger partial charge in [0.25, 0.3) is 0 Å². The number of nitrogens with one attached hydrogen (secondary N) is 2. The first kappa shape index (κ1) is 23.9. The highest BCUT2D eigenvalue weighted by atomic mass is 32.2. The number of alkyl halides is 1. The van der Waals surface area contributed by atoms with Crippen LogP contribution in [-0.2, 0) is 25.7 Å². The van der Waals surface area contributed by atoms with E-state index >= 15 is 4.39 Å². The molecule has 1 saturated heterocycles. The molecule has 11 heteroatoms. The van der Waals surface area contributed by atoms with Crippen molar-refractivity contribution >= 4 is 25.7 Å². The van der Waals surface area contributed by atoms with Crippen LogP contribution in [0.15, 0.2) is 47.4 Å². The number of benzene rings is 2. The first-order valence-electron chi connectivity index (χ1n) is 10.8. The highest BCUT2D eigenvalue weighted by Gasteiger charge is 2.38. The quantitative estimate of drug-likeness (QED) is 0.609. The van der Waals surface area contributed by atoms with Crippen LogP contribution in [0.1, 0.15) is 39.2 Å². The molecule has 0 saturated carbocycles. The second-order valence-corrected chi connectivity index (χ2v) is 12.8. The van der Waals surface area contributed by atoms with E-state index in [4.69, 9.17) is 4.74 Å². The lowest BCUT2D eigenvalue weighted by atomic mass is 9.98. The predicted molar refractivity (Wildman–Crippen MR) is 124 cm³/mol. The molecule has 0 radical (unpaired) electrons. The zero-order chi connectivity index (χ0) is 24.0. The second kappa shape index (κ2) is 8.53. The van der Waals surface area contributed by atoms with Gasteiger partial charge in [0.1, 0.15) is 22.1 Å². The van der Waals surface area contributed by atoms with Gasteiger partial charge in [0, 0.05) is 19.2 Å². The Labute approximate surface area is 194 Å². The molecule has 0 aromatic heterocycles. The van der Waals surface area contributed by atoms with E-state index in [1.807, 2.05) is 4.90 Å². The van der Waals surface area contributed by atoms with Crippen molar-refractivity contribution in [3.8, 4) is 11.5 Å². The number of fused-ring (bicyclic) bond motifs is 3. The monoisotopic (exact) mass is 497 g/mol. The molecule has 2 N–H and O–H groups in total. The molecule has 180 valence electrons. The van der Waals surface area contributed by atoms with E-state index in [1.54, 1.807) is 24.3 Å². The highest BCUT2D eigenvalue weighted by Crippen LogP contribution is 2.38. The Hall–Kier alpha value is -2.21. The molecule has 0 aliphatic carbocycles. The van der Waals surface area contributed by atoms with Crippen LogP contribution in [0.2, 0.25) is 0 Å². The van der Waals surface area contributed by atoms with E-state index < -0.39 is 31.0 Å². The first-order valence-corrected chi connectivity index (χ1v) is 13.8. The Morgan fingerprint density at radius 2 is 1.88 bits per heavy atom. The van der Waals surface area contributed by atoms with Crippen molar-refractivity contribution < 1.29 is 26.0 Å². The van der Waals surface area contributed by atoms with Gasteiger partial charge in [-0.15, -0.1) is 0 Å². The van der Waals surface area contributed by atoms with Gasteiger partial charge < -0.3 is 9.64 Å². The fourth-order valence-corrected chi connectivity index (χ4v) is 6.21. The number of sulfonamides is 2. The SMILES string of the molecule is CC(C)S(=O)(=O)NCC(C)(F)c1ccc(Oc2ccc3c(c2)S(=O)(=O)NC2CCCN32)cc1. The fraction of sp³-hybridized carbons (Fsp3) is 0.455. The van der Waals surface area contributed by atoms with Crippen molar-refractivity contribution in [2.45, 2.75) is 55.6 Å². The van der Waals surface area contributed by atoms with Crippen molar-refractivity contribution in [1.82, 2.24) is 9.44 Å². The molecule has 0 spiro atoms. The minimum absolute atomic E-state index is 0.170. The van der Waals surface area contributed by atoms with Crippen LogP contribution in [0.3, 0.4) is 0 Å². The summed E-state index contributed by atoms with van der Waals surface area (Å²) in [5.74, 6) is 0.745. The Morgan fingerprint density at radius 1 is 1.21 bits per heavy atom. The maximum absolute atomic E-state index is 15.1. The van der Waals surface area contributed by atoms with E-state index in [-0.39, 0.29) is 17.6 Å². The molecule has 2 aromatic rings. The molecule has 2 unspecified atom stereocenters. The average molecular weight is 498 g/mol. The molecule has 2 heterocycles. The number of halogens is 1. The molecular formula is C22H28FN3O5S2. The first-order chi connectivity index (χ1) is 15.4. The Bertz CT molecular complexity index is 1250. The maximum Gasteiger partial charge on any atom is 0.244 e. The van der Waals surface area contributed by atoms with Crippen LogP contribution in [0.5, 0.6) is 11.5 Å². The summed E-state index contributed by atoms with van der Waals surface area (Å²) in [6.45, 7) is 4.75. The smallest absolute Gasteiger partial charge is 0.244 e. The van der Waals surface area contributed by atoms with E-state index in [0.29, 0.717) is 22.7 Å². The maximum atomic E-state index is 15.1. The minimum atomic E-state index is -3.64. The van der Waals surface area contributed by atoms with Crippen LogP contribution >= 0.6 is 0 Å². The topological polar surface area (TPSA) is 105 Å². The van der Waals surface area contributed by atoms with Crippen LogP contribution in [0, 0.1) is 0 Å². The number of hydrogen-bond donors (Lipinski definition) is 2. The number of rotatable bonds is 7. The number of anilines is 1. The third-order valence-corrected chi connectivity index (χ3v) is 9.27. The molecule has 4 rings (SSSR count).